The number of anilines is 3. The Bertz CT molecular complexity index is 2860. The van der Waals surface area contributed by atoms with Crippen molar-refractivity contribution in [3.63, 3.8) is 0 Å². The predicted octanol–water partition coefficient (Wildman–Crippen LogP) is 13.9. The number of hydrogen-bond donors (Lipinski definition) is 0. The molecule has 10 aromatic rings. The van der Waals surface area contributed by atoms with Crippen molar-refractivity contribution in [2.24, 2.45) is 0 Å². The van der Waals surface area contributed by atoms with Crippen LogP contribution in [0.15, 0.2) is 203 Å². The van der Waals surface area contributed by atoms with Crippen LogP contribution in [0.5, 0.6) is 0 Å². The van der Waals surface area contributed by atoms with Gasteiger partial charge in [0.1, 0.15) is 16.7 Å². The second-order valence-electron chi connectivity index (χ2n) is 13.2. The summed E-state index contributed by atoms with van der Waals surface area (Å²) >= 11 is 0. The third-order valence-corrected chi connectivity index (χ3v) is 9.92. The van der Waals surface area contributed by atoms with Gasteiger partial charge in [-0.2, -0.15) is 0 Å². The van der Waals surface area contributed by atoms with E-state index in [1.165, 1.54) is 22.3 Å². The van der Waals surface area contributed by atoms with Gasteiger partial charge in [0.2, 0.25) is 5.89 Å². The molecule has 0 saturated heterocycles. The number of oxazole rings is 1. The average molecular weight is 681 g/mol. The molecule has 0 bridgehead atoms. The van der Waals surface area contributed by atoms with Gasteiger partial charge in [-0.3, -0.25) is 0 Å². The van der Waals surface area contributed by atoms with Crippen LogP contribution in [0.4, 0.5) is 17.1 Å². The fraction of sp³-hybridized carbons (Fsp3) is 0. The highest BCUT2D eigenvalue weighted by Gasteiger charge is 2.18. The van der Waals surface area contributed by atoms with Gasteiger partial charge in [0.15, 0.2) is 5.58 Å². The van der Waals surface area contributed by atoms with Crippen molar-refractivity contribution in [2.45, 2.75) is 0 Å². The molecule has 0 amide bonds. The van der Waals surface area contributed by atoms with Crippen LogP contribution in [0.1, 0.15) is 0 Å². The van der Waals surface area contributed by atoms with Crippen molar-refractivity contribution in [3.05, 3.63) is 194 Å². The predicted molar refractivity (Wildman–Crippen MR) is 218 cm³/mol. The zero-order chi connectivity index (χ0) is 35.1. The normalized spacial score (nSPS) is 11.4. The van der Waals surface area contributed by atoms with Crippen LogP contribution in [-0.4, -0.2) is 4.98 Å². The lowest BCUT2D eigenvalue weighted by atomic mass is 10.00. The Labute approximate surface area is 306 Å². The van der Waals surface area contributed by atoms with Gasteiger partial charge in [0.05, 0.1) is 5.69 Å². The van der Waals surface area contributed by atoms with Crippen LogP contribution in [0, 0.1) is 0 Å². The fourth-order valence-corrected chi connectivity index (χ4v) is 7.28. The maximum absolute atomic E-state index is 6.30. The van der Waals surface area contributed by atoms with E-state index < -0.39 is 0 Å². The van der Waals surface area contributed by atoms with Crippen molar-refractivity contribution in [2.75, 3.05) is 4.90 Å². The van der Waals surface area contributed by atoms with E-state index in [9.17, 15) is 0 Å². The second-order valence-corrected chi connectivity index (χ2v) is 13.2. The molecule has 0 aliphatic rings. The monoisotopic (exact) mass is 680 g/mol. The number of rotatable bonds is 7. The molecule has 0 atom stereocenters. The first-order valence-corrected chi connectivity index (χ1v) is 17.8. The van der Waals surface area contributed by atoms with Gasteiger partial charge in [-0.05, 0) is 88.5 Å². The molecule has 0 fully saturated rings. The fourth-order valence-electron chi connectivity index (χ4n) is 7.28. The molecular weight excluding hydrogens is 649 g/mol. The van der Waals surface area contributed by atoms with Gasteiger partial charge in [0.25, 0.3) is 0 Å². The van der Waals surface area contributed by atoms with E-state index in [0.717, 1.165) is 61.2 Å². The van der Waals surface area contributed by atoms with E-state index >= 15 is 0 Å². The van der Waals surface area contributed by atoms with Crippen LogP contribution in [0.25, 0.3) is 77.9 Å². The summed E-state index contributed by atoms with van der Waals surface area (Å²) in [5, 5.41) is 2.06. The van der Waals surface area contributed by atoms with E-state index in [-0.39, 0.29) is 0 Å². The lowest BCUT2D eigenvalue weighted by Crippen LogP contribution is -2.11. The lowest BCUT2D eigenvalue weighted by molar-refractivity contribution is 0.617. The number of para-hydroxylation sites is 1. The van der Waals surface area contributed by atoms with Crippen LogP contribution >= 0.6 is 0 Å². The standard InChI is InChI=1S/C49H32N2O2/c1-4-12-33(13-5-1)34-20-25-39(26-21-34)51(45-19-11-10-18-41(45)36-14-6-2-7-15-36)40-27-22-35(23-28-40)38-24-29-46-42(30-38)43-31-44-48(32-47(43)52-46)53-49(50-44)37-16-8-3-9-17-37/h1-32H. The topological polar surface area (TPSA) is 42.4 Å². The van der Waals surface area contributed by atoms with Crippen LogP contribution < -0.4 is 4.90 Å². The van der Waals surface area contributed by atoms with Gasteiger partial charge in [-0.15, -0.1) is 0 Å². The first-order chi connectivity index (χ1) is 26.2. The number of hydrogen-bond acceptors (Lipinski definition) is 4. The Hall–Kier alpha value is -7.17. The summed E-state index contributed by atoms with van der Waals surface area (Å²) in [6.45, 7) is 0. The van der Waals surface area contributed by atoms with Gasteiger partial charge in [-0.25, -0.2) is 4.98 Å². The third-order valence-electron chi connectivity index (χ3n) is 9.92. The second kappa shape index (κ2) is 12.9. The Balaban J connectivity index is 1.04. The van der Waals surface area contributed by atoms with Crippen molar-refractivity contribution < 1.29 is 8.83 Å². The highest BCUT2D eigenvalue weighted by atomic mass is 16.4. The minimum atomic E-state index is 0.603. The van der Waals surface area contributed by atoms with E-state index in [4.69, 9.17) is 13.8 Å². The van der Waals surface area contributed by atoms with Crippen LogP contribution in [0.3, 0.4) is 0 Å². The molecule has 0 radical (unpaired) electrons. The number of aromatic nitrogens is 1. The Morgan fingerprint density at radius 3 is 1.57 bits per heavy atom. The molecule has 0 aliphatic carbocycles. The third kappa shape index (κ3) is 5.63. The van der Waals surface area contributed by atoms with Crippen LogP contribution in [0.2, 0.25) is 0 Å². The summed E-state index contributed by atoms with van der Waals surface area (Å²) in [6, 6.07) is 67.8. The molecule has 0 unspecified atom stereocenters. The molecular formula is C49H32N2O2. The summed E-state index contributed by atoms with van der Waals surface area (Å²) in [7, 11) is 0. The van der Waals surface area contributed by atoms with Crippen molar-refractivity contribution in [3.8, 4) is 44.8 Å². The number of furan rings is 1. The quantitative estimate of drug-likeness (QED) is 0.168. The minimum absolute atomic E-state index is 0.603. The lowest BCUT2D eigenvalue weighted by Gasteiger charge is -2.28. The first-order valence-electron chi connectivity index (χ1n) is 17.8. The Morgan fingerprint density at radius 2 is 0.887 bits per heavy atom. The highest BCUT2D eigenvalue weighted by Crippen LogP contribution is 2.42. The maximum Gasteiger partial charge on any atom is 0.227 e. The molecule has 10 rings (SSSR count). The Morgan fingerprint density at radius 1 is 0.358 bits per heavy atom. The molecule has 0 N–H and O–H groups in total. The molecule has 0 aliphatic heterocycles. The first kappa shape index (κ1) is 30.6. The summed E-state index contributed by atoms with van der Waals surface area (Å²) in [5.41, 5.74) is 14.3. The smallest absolute Gasteiger partial charge is 0.227 e. The van der Waals surface area contributed by atoms with Gasteiger partial charge < -0.3 is 13.7 Å². The van der Waals surface area contributed by atoms with Gasteiger partial charge in [-0.1, -0.05) is 127 Å². The van der Waals surface area contributed by atoms with E-state index in [1.54, 1.807) is 0 Å². The molecule has 53 heavy (non-hydrogen) atoms. The summed E-state index contributed by atoms with van der Waals surface area (Å²) < 4.78 is 12.4. The molecule has 0 spiro atoms. The minimum Gasteiger partial charge on any atom is -0.456 e. The molecule has 250 valence electrons. The van der Waals surface area contributed by atoms with Crippen molar-refractivity contribution in [1.29, 1.82) is 0 Å². The van der Waals surface area contributed by atoms with Crippen molar-refractivity contribution >= 4 is 50.1 Å². The van der Waals surface area contributed by atoms with Crippen LogP contribution in [-0.2, 0) is 0 Å². The zero-order valence-electron chi connectivity index (χ0n) is 28.7. The summed E-state index contributed by atoms with van der Waals surface area (Å²) in [4.78, 5) is 7.16. The molecule has 8 aromatic carbocycles. The van der Waals surface area contributed by atoms with Gasteiger partial charge in [0, 0.05) is 39.3 Å². The molecule has 4 nitrogen and oxygen atoms in total. The Kier molecular flexibility index (Phi) is 7.43. The molecule has 2 aromatic heterocycles. The molecule has 4 heteroatoms. The summed E-state index contributed by atoms with van der Waals surface area (Å²) in [5.74, 6) is 0.603. The number of benzene rings is 8. The molecule has 0 saturated carbocycles. The zero-order valence-corrected chi connectivity index (χ0v) is 28.7. The molecule has 2 heterocycles. The SMILES string of the molecule is c1ccc(-c2ccc(N(c3ccc(-c4ccc5oc6cc7oc(-c8ccccc8)nc7cc6c5c4)cc3)c3ccccc3-c3ccccc3)cc2)cc1. The van der Waals surface area contributed by atoms with E-state index in [0.29, 0.717) is 11.5 Å². The highest BCUT2D eigenvalue weighted by molar-refractivity contribution is 6.10. The van der Waals surface area contributed by atoms with E-state index in [2.05, 4.69) is 163 Å². The largest absolute Gasteiger partial charge is 0.456 e. The maximum atomic E-state index is 6.30. The number of fused-ring (bicyclic) bond motifs is 4. The van der Waals surface area contributed by atoms with E-state index in [1.807, 2.05) is 36.4 Å². The van der Waals surface area contributed by atoms with Gasteiger partial charge >= 0.3 is 0 Å². The number of nitrogens with zero attached hydrogens (tertiary/aromatic N) is 2. The average Bonchev–Trinajstić information content (AvgIpc) is 3.82. The van der Waals surface area contributed by atoms with Crippen molar-refractivity contribution in [1.82, 2.24) is 4.98 Å². The summed E-state index contributed by atoms with van der Waals surface area (Å²) in [6.07, 6.45) is 0.